The lowest BCUT2D eigenvalue weighted by atomic mass is 10.1. The average Bonchev–Trinajstić information content (AvgIpc) is 2.62. The molecule has 0 radical (unpaired) electrons. The lowest BCUT2D eigenvalue weighted by Crippen LogP contribution is -2.55. The number of nitrogens with zero attached hydrogens (tertiary/aromatic N) is 3. The Bertz CT molecular complexity index is 825. The second kappa shape index (κ2) is 8.04. The van der Waals surface area contributed by atoms with Crippen LogP contribution in [0.2, 0.25) is 0 Å². The summed E-state index contributed by atoms with van der Waals surface area (Å²) in [6, 6.07) is 7.90. The fourth-order valence-corrected chi connectivity index (χ4v) is 3.19. The molecule has 1 aliphatic rings. The Labute approximate surface area is 160 Å². The summed E-state index contributed by atoms with van der Waals surface area (Å²) >= 11 is 0. The van der Waals surface area contributed by atoms with E-state index in [4.69, 9.17) is 0 Å². The number of nitrogens with one attached hydrogen (secondary N) is 1. The third kappa shape index (κ3) is 4.90. The van der Waals surface area contributed by atoms with Crippen molar-refractivity contribution in [3.63, 3.8) is 0 Å². The highest BCUT2D eigenvalue weighted by Crippen LogP contribution is 2.23. The second-order valence-electron chi connectivity index (χ2n) is 6.72. The van der Waals surface area contributed by atoms with Crippen molar-refractivity contribution < 1.29 is 22.4 Å². The summed E-state index contributed by atoms with van der Waals surface area (Å²) < 4.78 is 51.1. The number of benzene rings is 1. The molecule has 1 fully saturated rings. The highest BCUT2D eigenvalue weighted by atomic mass is 19.4. The number of alkyl halides is 3. The molecule has 1 atom stereocenters. The van der Waals surface area contributed by atoms with E-state index in [1.165, 1.54) is 42.6 Å². The molecule has 0 bridgehead atoms. The maximum atomic E-state index is 13.9. The van der Waals surface area contributed by atoms with Gasteiger partial charge in [-0.25, -0.2) is 14.2 Å². The number of rotatable bonds is 3. The average molecular weight is 396 g/mol. The van der Waals surface area contributed by atoms with Crippen molar-refractivity contribution in [1.29, 1.82) is 0 Å². The van der Waals surface area contributed by atoms with Crippen LogP contribution >= 0.6 is 0 Å². The number of hydrogen-bond acceptors (Lipinski definition) is 3. The van der Waals surface area contributed by atoms with E-state index in [0.29, 0.717) is 25.3 Å². The molecule has 0 aliphatic carbocycles. The van der Waals surface area contributed by atoms with Crippen LogP contribution in [-0.2, 0) is 6.42 Å². The predicted molar refractivity (Wildman–Crippen MR) is 97.8 cm³/mol. The van der Waals surface area contributed by atoms with E-state index in [1.54, 1.807) is 9.80 Å². The van der Waals surface area contributed by atoms with Gasteiger partial charge in [-0.2, -0.15) is 13.2 Å². The summed E-state index contributed by atoms with van der Waals surface area (Å²) in [6.45, 7) is 3.07. The van der Waals surface area contributed by atoms with Gasteiger partial charge in [-0.1, -0.05) is 12.1 Å². The van der Waals surface area contributed by atoms with Crippen molar-refractivity contribution in [3.8, 4) is 0 Å². The minimum Gasteiger partial charge on any atom is -0.350 e. The number of hydrogen-bond donors (Lipinski definition) is 1. The maximum Gasteiger partial charge on any atom is 0.393 e. The third-order valence-corrected chi connectivity index (χ3v) is 4.54. The standard InChI is InChI=1S/C19H20F4N4O/c1-13-12-26(17-16(20)3-2-8-24-17)9-10-27(13)18(28)25-15-6-4-14(5-7-15)11-19(21,22)23/h2-8,13H,9-12H2,1H3,(H,25,28)/t13-/m1/s1. The summed E-state index contributed by atoms with van der Waals surface area (Å²) in [6.07, 6.45) is -3.76. The molecule has 1 aromatic heterocycles. The van der Waals surface area contributed by atoms with Crippen molar-refractivity contribution in [3.05, 3.63) is 54.0 Å². The van der Waals surface area contributed by atoms with Crippen molar-refractivity contribution >= 4 is 17.5 Å². The van der Waals surface area contributed by atoms with E-state index in [0.717, 1.165) is 0 Å². The zero-order valence-corrected chi connectivity index (χ0v) is 15.2. The molecule has 0 spiro atoms. The van der Waals surface area contributed by atoms with Gasteiger partial charge >= 0.3 is 12.2 Å². The Morgan fingerprint density at radius 3 is 2.54 bits per heavy atom. The Hall–Kier alpha value is -2.84. The smallest absolute Gasteiger partial charge is 0.350 e. The van der Waals surface area contributed by atoms with Crippen molar-refractivity contribution in [2.45, 2.75) is 25.6 Å². The van der Waals surface area contributed by atoms with E-state index < -0.39 is 18.4 Å². The molecular weight excluding hydrogens is 376 g/mol. The van der Waals surface area contributed by atoms with E-state index in [9.17, 15) is 22.4 Å². The number of halogens is 4. The molecule has 1 aromatic carbocycles. The monoisotopic (exact) mass is 396 g/mol. The molecule has 9 heteroatoms. The van der Waals surface area contributed by atoms with E-state index in [2.05, 4.69) is 10.3 Å². The molecular formula is C19H20F4N4O. The summed E-state index contributed by atoms with van der Waals surface area (Å²) in [7, 11) is 0. The van der Waals surface area contributed by atoms with Crippen LogP contribution in [0.3, 0.4) is 0 Å². The molecule has 1 N–H and O–H groups in total. The number of pyridine rings is 1. The molecule has 2 aromatic rings. The predicted octanol–water partition coefficient (Wildman–Crippen LogP) is 4.07. The third-order valence-electron chi connectivity index (χ3n) is 4.54. The van der Waals surface area contributed by atoms with Gasteiger partial charge in [0, 0.05) is 37.6 Å². The van der Waals surface area contributed by atoms with Gasteiger partial charge in [-0.15, -0.1) is 0 Å². The first kappa shape index (κ1) is 19.9. The molecule has 0 unspecified atom stereocenters. The first-order valence-electron chi connectivity index (χ1n) is 8.82. The first-order chi connectivity index (χ1) is 13.2. The molecule has 150 valence electrons. The lowest BCUT2D eigenvalue weighted by molar-refractivity contribution is -0.127. The normalized spacial score (nSPS) is 17.5. The van der Waals surface area contributed by atoms with Crippen LogP contribution in [-0.4, -0.2) is 47.8 Å². The van der Waals surface area contributed by atoms with Crippen LogP contribution in [0, 0.1) is 5.82 Å². The fraction of sp³-hybridized carbons (Fsp3) is 0.368. The molecule has 1 saturated heterocycles. The van der Waals surface area contributed by atoms with Gasteiger partial charge in [0.25, 0.3) is 0 Å². The Morgan fingerprint density at radius 1 is 1.21 bits per heavy atom. The summed E-state index contributed by atoms with van der Waals surface area (Å²) in [4.78, 5) is 20.0. The van der Waals surface area contributed by atoms with E-state index >= 15 is 0 Å². The first-order valence-corrected chi connectivity index (χ1v) is 8.82. The fourth-order valence-electron chi connectivity index (χ4n) is 3.19. The molecule has 0 saturated carbocycles. The largest absolute Gasteiger partial charge is 0.393 e. The number of urea groups is 1. The van der Waals surface area contributed by atoms with Crippen LogP contribution < -0.4 is 10.2 Å². The zero-order valence-electron chi connectivity index (χ0n) is 15.2. The quantitative estimate of drug-likeness (QED) is 0.796. The molecule has 1 aliphatic heterocycles. The SMILES string of the molecule is C[C@@H]1CN(c2ncccc2F)CCN1C(=O)Nc1ccc(CC(F)(F)F)cc1. The minimum absolute atomic E-state index is 0.130. The van der Waals surface area contributed by atoms with Crippen molar-refractivity contribution in [2.75, 3.05) is 29.9 Å². The van der Waals surface area contributed by atoms with E-state index in [1.807, 2.05) is 6.92 Å². The molecule has 2 amide bonds. The second-order valence-corrected chi connectivity index (χ2v) is 6.72. The van der Waals surface area contributed by atoms with Crippen molar-refractivity contribution in [1.82, 2.24) is 9.88 Å². The van der Waals surface area contributed by atoms with Gasteiger partial charge in [0.1, 0.15) is 0 Å². The number of carbonyl (C=O) groups is 1. The van der Waals surface area contributed by atoms with Crippen LogP contribution in [0.15, 0.2) is 42.6 Å². The molecule has 2 heterocycles. The summed E-state index contributed by atoms with van der Waals surface area (Å²) in [5.74, 6) is -0.152. The van der Waals surface area contributed by atoms with Gasteiger partial charge in [-0.05, 0) is 36.8 Å². The van der Waals surface area contributed by atoms with Gasteiger partial charge in [0.15, 0.2) is 11.6 Å². The Morgan fingerprint density at radius 2 is 1.93 bits per heavy atom. The molecule has 5 nitrogen and oxygen atoms in total. The van der Waals surface area contributed by atoms with Crippen LogP contribution in [0.5, 0.6) is 0 Å². The molecule has 28 heavy (non-hydrogen) atoms. The topological polar surface area (TPSA) is 48.5 Å². The van der Waals surface area contributed by atoms with Crippen molar-refractivity contribution in [2.24, 2.45) is 0 Å². The number of aromatic nitrogens is 1. The number of amides is 2. The van der Waals surface area contributed by atoms with Gasteiger partial charge in [-0.3, -0.25) is 0 Å². The van der Waals surface area contributed by atoms with Crippen LogP contribution in [0.25, 0.3) is 0 Å². The number of piperazine rings is 1. The van der Waals surface area contributed by atoms with E-state index in [-0.39, 0.29) is 23.5 Å². The summed E-state index contributed by atoms with van der Waals surface area (Å²) in [5, 5.41) is 2.70. The van der Waals surface area contributed by atoms with Gasteiger partial charge < -0.3 is 15.1 Å². The number of anilines is 2. The maximum absolute atomic E-state index is 13.9. The Balaban J connectivity index is 1.59. The summed E-state index contributed by atoms with van der Waals surface area (Å²) in [5.41, 5.74) is 0.547. The highest BCUT2D eigenvalue weighted by Gasteiger charge is 2.30. The lowest BCUT2D eigenvalue weighted by Gasteiger charge is -2.40. The highest BCUT2D eigenvalue weighted by molar-refractivity contribution is 5.89. The Kier molecular flexibility index (Phi) is 5.71. The minimum atomic E-state index is -4.27. The molecule has 3 rings (SSSR count). The zero-order chi connectivity index (χ0) is 20.3. The number of carbonyl (C=O) groups excluding carboxylic acids is 1. The van der Waals surface area contributed by atoms with Gasteiger partial charge in [0.05, 0.1) is 6.42 Å². The van der Waals surface area contributed by atoms with Gasteiger partial charge in [0.2, 0.25) is 0 Å². The van der Waals surface area contributed by atoms with Crippen LogP contribution in [0.4, 0.5) is 33.9 Å². The van der Waals surface area contributed by atoms with Crippen LogP contribution in [0.1, 0.15) is 12.5 Å².